The number of likely N-dealkylation sites (tertiary alicyclic amines) is 1. The molecule has 0 saturated carbocycles. The van der Waals surface area contributed by atoms with Gasteiger partial charge in [0.2, 0.25) is 5.91 Å². The smallest absolute Gasteiger partial charge is 0.223 e. The first kappa shape index (κ1) is 15.3. The number of carbonyl (C=O) groups is 1. The SMILES string of the molecule is O=C(CCN1CCN(c2ccccn2)CC1)N1CCCCC1. The van der Waals surface area contributed by atoms with E-state index in [1.807, 2.05) is 23.2 Å². The zero-order chi connectivity index (χ0) is 15.2. The first-order valence-corrected chi connectivity index (χ1v) is 8.49. The van der Waals surface area contributed by atoms with Crippen LogP contribution in [-0.2, 0) is 4.79 Å². The number of rotatable bonds is 4. The van der Waals surface area contributed by atoms with Gasteiger partial charge in [0.1, 0.15) is 5.82 Å². The van der Waals surface area contributed by atoms with E-state index in [4.69, 9.17) is 0 Å². The highest BCUT2D eigenvalue weighted by Gasteiger charge is 2.20. The highest BCUT2D eigenvalue weighted by Crippen LogP contribution is 2.13. The first-order chi connectivity index (χ1) is 10.8. The van der Waals surface area contributed by atoms with Crippen LogP contribution in [0.2, 0.25) is 0 Å². The Morgan fingerprint density at radius 2 is 1.77 bits per heavy atom. The molecule has 2 aliphatic rings. The maximum atomic E-state index is 12.2. The van der Waals surface area contributed by atoms with Gasteiger partial charge in [-0.1, -0.05) is 6.07 Å². The van der Waals surface area contributed by atoms with Crippen LogP contribution in [0, 0.1) is 0 Å². The Balaban J connectivity index is 1.39. The number of hydrogen-bond acceptors (Lipinski definition) is 4. The van der Waals surface area contributed by atoms with Crippen molar-refractivity contribution in [1.29, 1.82) is 0 Å². The maximum Gasteiger partial charge on any atom is 0.223 e. The highest BCUT2D eigenvalue weighted by atomic mass is 16.2. The van der Waals surface area contributed by atoms with Crippen LogP contribution >= 0.6 is 0 Å². The molecule has 2 fully saturated rings. The van der Waals surface area contributed by atoms with E-state index >= 15 is 0 Å². The molecule has 0 aromatic carbocycles. The van der Waals surface area contributed by atoms with Gasteiger partial charge in [-0.15, -0.1) is 0 Å². The van der Waals surface area contributed by atoms with Crippen molar-refractivity contribution >= 4 is 11.7 Å². The summed E-state index contributed by atoms with van der Waals surface area (Å²) in [6, 6.07) is 6.05. The third kappa shape index (κ3) is 3.97. The van der Waals surface area contributed by atoms with E-state index in [0.717, 1.165) is 51.6 Å². The summed E-state index contributed by atoms with van der Waals surface area (Å²) in [5, 5.41) is 0. The number of carbonyl (C=O) groups excluding carboxylic acids is 1. The van der Waals surface area contributed by atoms with Crippen LogP contribution in [0.5, 0.6) is 0 Å². The molecule has 22 heavy (non-hydrogen) atoms. The standard InChI is InChI=1S/C17H26N4O/c22-17(21-9-4-1-5-10-21)7-11-19-12-14-20(15-13-19)16-6-2-3-8-18-16/h2-3,6,8H,1,4-5,7,9-15H2. The summed E-state index contributed by atoms with van der Waals surface area (Å²) < 4.78 is 0. The van der Waals surface area contributed by atoms with Gasteiger partial charge in [0.15, 0.2) is 0 Å². The molecule has 0 aliphatic carbocycles. The van der Waals surface area contributed by atoms with E-state index in [0.29, 0.717) is 12.3 Å². The van der Waals surface area contributed by atoms with Crippen LogP contribution < -0.4 is 4.90 Å². The van der Waals surface area contributed by atoms with Crippen molar-refractivity contribution in [2.24, 2.45) is 0 Å². The summed E-state index contributed by atoms with van der Waals surface area (Å²) in [5.41, 5.74) is 0. The first-order valence-electron chi connectivity index (χ1n) is 8.49. The molecule has 1 amide bonds. The second kappa shape index (κ2) is 7.58. The molecule has 0 spiro atoms. The van der Waals surface area contributed by atoms with Gasteiger partial charge in [0.05, 0.1) is 0 Å². The van der Waals surface area contributed by atoms with Crippen LogP contribution in [0.4, 0.5) is 5.82 Å². The average molecular weight is 302 g/mol. The van der Waals surface area contributed by atoms with E-state index < -0.39 is 0 Å². The second-order valence-electron chi connectivity index (χ2n) is 6.21. The second-order valence-corrected chi connectivity index (χ2v) is 6.21. The monoisotopic (exact) mass is 302 g/mol. The summed E-state index contributed by atoms with van der Waals surface area (Å²) in [6.07, 6.45) is 6.14. The fourth-order valence-electron chi connectivity index (χ4n) is 3.30. The number of piperidine rings is 1. The topological polar surface area (TPSA) is 39.7 Å². The van der Waals surface area contributed by atoms with Gasteiger partial charge in [-0.3, -0.25) is 9.69 Å². The van der Waals surface area contributed by atoms with Crippen LogP contribution in [-0.4, -0.2) is 66.5 Å². The number of hydrogen-bond donors (Lipinski definition) is 0. The fourth-order valence-corrected chi connectivity index (χ4v) is 3.30. The van der Waals surface area contributed by atoms with Gasteiger partial charge in [-0.25, -0.2) is 4.98 Å². The van der Waals surface area contributed by atoms with Crippen molar-refractivity contribution in [3.05, 3.63) is 24.4 Å². The summed E-state index contributed by atoms with van der Waals surface area (Å²) in [6.45, 7) is 6.85. The lowest BCUT2D eigenvalue weighted by atomic mass is 10.1. The molecule has 2 saturated heterocycles. The lowest BCUT2D eigenvalue weighted by molar-refractivity contribution is -0.132. The highest BCUT2D eigenvalue weighted by molar-refractivity contribution is 5.76. The minimum absolute atomic E-state index is 0.340. The zero-order valence-electron chi connectivity index (χ0n) is 13.3. The molecule has 5 heteroatoms. The molecule has 1 aromatic heterocycles. The molecular formula is C17H26N4O. The quantitative estimate of drug-likeness (QED) is 0.847. The molecule has 3 rings (SSSR count). The van der Waals surface area contributed by atoms with Gasteiger partial charge in [-0.2, -0.15) is 0 Å². The number of pyridine rings is 1. The average Bonchev–Trinajstić information content (AvgIpc) is 2.61. The summed E-state index contributed by atoms with van der Waals surface area (Å²) in [4.78, 5) is 23.4. The van der Waals surface area contributed by atoms with Crippen molar-refractivity contribution in [2.75, 3.05) is 50.7 Å². The van der Waals surface area contributed by atoms with Crippen LogP contribution in [0.3, 0.4) is 0 Å². The molecule has 1 aromatic rings. The van der Waals surface area contributed by atoms with Crippen LogP contribution in [0.15, 0.2) is 24.4 Å². The lowest BCUT2D eigenvalue weighted by Gasteiger charge is -2.35. The Kier molecular flexibility index (Phi) is 5.27. The minimum Gasteiger partial charge on any atom is -0.354 e. The number of amides is 1. The molecular weight excluding hydrogens is 276 g/mol. The van der Waals surface area contributed by atoms with E-state index in [9.17, 15) is 4.79 Å². The molecule has 3 heterocycles. The largest absolute Gasteiger partial charge is 0.354 e. The Hall–Kier alpha value is -1.62. The summed E-state index contributed by atoms with van der Waals surface area (Å²) in [7, 11) is 0. The van der Waals surface area contributed by atoms with Gasteiger partial charge in [-0.05, 0) is 31.4 Å². The molecule has 0 bridgehead atoms. The Morgan fingerprint density at radius 3 is 2.45 bits per heavy atom. The van der Waals surface area contributed by atoms with E-state index in [-0.39, 0.29) is 0 Å². The lowest BCUT2D eigenvalue weighted by Crippen LogP contribution is -2.47. The van der Waals surface area contributed by atoms with Crippen molar-refractivity contribution in [3.8, 4) is 0 Å². The molecule has 0 atom stereocenters. The van der Waals surface area contributed by atoms with E-state index in [1.54, 1.807) is 0 Å². The molecule has 0 unspecified atom stereocenters. The summed E-state index contributed by atoms with van der Waals surface area (Å²) >= 11 is 0. The number of anilines is 1. The zero-order valence-corrected chi connectivity index (χ0v) is 13.3. The Morgan fingerprint density at radius 1 is 1.00 bits per heavy atom. The third-order valence-electron chi connectivity index (χ3n) is 4.70. The van der Waals surface area contributed by atoms with Crippen molar-refractivity contribution in [1.82, 2.24) is 14.8 Å². The maximum absolute atomic E-state index is 12.2. The van der Waals surface area contributed by atoms with Crippen molar-refractivity contribution < 1.29 is 4.79 Å². The van der Waals surface area contributed by atoms with E-state index in [1.165, 1.54) is 19.3 Å². The molecule has 2 aliphatic heterocycles. The normalized spacial score (nSPS) is 20.2. The fraction of sp³-hybridized carbons (Fsp3) is 0.647. The Bertz CT molecular complexity index is 465. The molecule has 120 valence electrons. The van der Waals surface area contributed by atoms with Crippen LogP contribution in [0.1, 0.15) is 25.7 Å². The minimum atomic E-state index is 0.340. The van der Waals surface area contributed by atoms with E-state index in [2.05, 4.69) is 20.9 Å². The number of nitrogens with zero attached hydrogens (tertiary/aromatic N) is 4. The van der Waals surface area contributed by atoms with Gasteiger partial charge < -0.3 is 9.80 Å². The Labute approximate surface area is 132 Å². The van der Waals surface area contributed by atoms with Gasteiger partial charge in [0, 0.05) is 58.4 Å². The molecule has 0 radical (unpaired) electrons. The summed E-state index contributed by atoms with van der Waals surface area (Å²) in [5.74, 6) is 1.40. The van der Waals surface area contributed by atoms with Crippen molar-refractivity contribution in [3.63, 3.8) is 0 Å². The predicted molar refractivity (Wildman–Crippen MR) is 87.9 cm³/mol. The number of piperazine rings is 1. The van der Waals surface area contributed by atoms with Gasteiger partial charge in [0.25, 0.3) is 0 Å². The van der Waals surface area contributed by atoms with Gasteiger partial charge >= 0.3 is 0 Å². The van der Waals surface area contributed by atoms with Crippen molar-refractivity contribution in [2.45, 2.75) is 25.7 Å². The third-order valence-corrected chi connectivity index (χ3v) is 4.70. The number of aromatic nitrogens is 1. The van der Waals surface area contributed by atoms with Crippen LogP contribution in [0.25, 0.3) is 0 Å². The molecule has 5 nitrogen and oxygen atoms in total. The predicted octanol–water partition coefficient (Wildman–Crippen LogP) is 1.61. The molecule has 0 N–H and O–H groups in total.